The number of rotatable bonds is 8. The minimum atomic E-state index is -0.900. The number of unbranched alkanes of at least 4 members (excludes halogenated alkanes) is 3. The SMILES string of the molecule is C=C(CC)C(=O)O.C=C(CCCCCC)C(=O)O. The molecule has 0 aromatic rings. The van der Waals surface area contributed by atoms with Crippen LogP contribution in [-0.4, -0.2) is 22.2 Å². The van der Waals surface area contributed by atoms with Crippen molar-refractivity contribution in [1.82, 2.24) is 0 Å². The van der Waals surface area contributed by atoms with Gasteiger partial charge in [0.2, 0.25) is 0 Å². The Balaban J connectivity index is 0. The van der Waals surface area contributed by atoms with Crippen molar-refractivity contribution in [3.8, 4) is 0 Å². The van der Waals surface area contributed by atoms with Gasteiger partial charge in [0.05, 0.1) is 0 Å². The first-order valence-corrected chi connectivity index (χ1v) is 6.18. The van der Waals surface area contributed by atoms with E-state index in [9.17, 15) is 9.59 Å². The lowest BCUT2D eigenvalue weighted by Gasteiger charge is -1.98. The maximum absolute atomic E-state index is 10.3. The lowest BCUT2D eigenvalue weighted by molar-refractivity contribution is -0.133. The fourth-order valence-corrected chi connectivity index (χ4v) is 1.02. The molecule has 4 nitrogen and oxygen atoms in total. The van der Waals surface area contributed by atoms with Crippen molar-refractivity contribution >= 4 is 11.9 Å². The standard InChI is InChI=1S/C9H16O2.C5H8O2/c1-3-4-5-6-7-8(2)9(10)11;1-3-4(2)5(6)7/h2-7H2,1H3,(H,10,11);2-3H2,1H3,(H,6,7). The molecule has 0 aliphatic heterocycles. The molecule has 0 aromatic heterocycles. The Morgan fingerprint density at radius 3 is 1.67 bits per heavy atom. The average Bonchev–Trinajstić information content (AvgIpc) is 2.33. The van der Waals surface area contributed by atoms with Crippen LogP contribution in [0.5, 0.6) is 0 Å². The van der Waals surface area contributed by atoms with Gasteiger partial charge in [0.15, 0.2) is 0 Å². The van der Waals surface area contributed by atoms with Gasteiger partial charge in [0.25, 0.3) is 0 Å². The van der Waals surface area contributed by atoms with Gasteiger partial charge in [0, 0.05) is 11.1 Å². The lowest BCUT2D eigenvalue weighted by atomic mass is 10.1. The van der Waals surface area contributed by atoms with Crippen molar-refractivity contribution in [3.05, 3.63) is 24.3 Å². The van der Waals surface area contributed by atoms with Crippen molar-refractivity contribution < 1.29 is 19.8 Å². The normalized spacial score (nSPS) is 9.00. The monoisotopic (exact) mass is 256 g/mol. The van der Waals surface area contributed by atoms with Crippen LogP contribution in [0, 0.1) is 0 Å². The molecule has 2 N–H and O–H groups in total. The third-order valence-electron chi connectivity index (χ3n) is 2.36. The Morgan fingerprint density at radius 2 is 1.39 bits per heavy atom. The van der Waals surface area contributed by atoms with Crippen molar-refractivity contribution in [3.63, 3.8) is 0 Å². The van der Waals surface area contributed by atoms with E-state index >= 15 is 0 Å². The molecule has 4 heteroatoms. The second-order valence-electron chi connectivity index (χ2n) is 3.98. The zero-order valence-electron chi connectivity index (χ0n) is 11.4. The molecule has 0 bridgehead atoms. The van der Waals surface area contributed by atoms with Crippen LogP contribution in [0.1, 0.15) is 52.4 Å². The number of carboxylic acids is 2. The van der Waals surface area contributed by atoms with E-state index < -0.39 is 11.9 Å². The summed E-state index contributed by atoms with van der Waals surface area (Å²) in [6, 6.07) is 0. The Hall–Kier alpha value is -1.58. The summed E-state index contributed by atoms with van der Waals surface area (Å²) in [6.45, 7) is 10.6. The van der Waals surface area contributed by atoms with Crippen molar-refractivity contribution in [1.29, 1.82) is 0 Å². The van der Waals surface area contributed by atoms with Gasteiger partial charge in [0.1, 0.15) is 0 Å². The van der Waals surface area contributed by atoms with Gasteiger partial charge in [-0.15, -0.1) is 0 Å². The Morgan fingerprint density at radius 1 is 0.889 bits per heavy atom. The quantitative estimate of drug-likeness (QED) is 0.513. The van der Waals surface area contributed by atoms with E-state index in [1.807, 2.05) is 0 Å². The Kier molecular flexibility index (Phi) is 12.4. The molecule has 0 spiro atoms. The fourth-order valence-electron chi connectivity index (χ4n) is 1.02. The molecule has 0 fully saturated rings. The van der Waals surface area contributed by atoms with Gasteiger partial charge < -0.3 is 10.2 Å². The van der Waals surface area contributed by atoms with E-state index in [4.69, 9.17) is 10.2 Å². The first-order valence-electron chi connectivity index (χ1n) is 6.18. The third-order valence-corrected chi connectivity index (χ3v) is 2.36. The van der Waals surface area contributed by atoms with Gasteiger partial charge in [-0.3, -0.25) is 0 Å². The van der Waals surface area contributed by atoms with Crippen molar-refractivity contribution in [2.75, 3.05) is 0 Å². The van der Waals surface area contributed by atoms with Gasteiger partial charge in [-0.2, -0.15) is 0 Å². The molecular formula is C14H24O4. The van der Waals surface area contributed by atoms with Crippen LogP contribution in [0.4, 0.5) is 0 Å². The van der Waals surface area contributed by atoms with Crippen molar-refractivity contribution in [2.45, 2.75) is 52.4 Å². The highest BCUT2D eigenvalue weighted by Crippen LogP contribution is 2.07. The predicted molar refractivity (Wildman–Crippen MR) is 72.6 cm³/mol. The molecule has 0 saturated carbocycles. The van der Waals surface area contributed by atoms with Crippen LogP contribution in [0.15, 0.2) is 24.3 Å². The summed E-state index contributed by atoms with van der Waals surface area (Å²) in [5.41, 5.74) is 0.598. The first kappa shape index (κ1) is 18.8. The van der Waals surface area contributed by atoms with E-state index in [-0.39, 0.29) is 5.57 Å². The minimum absolute atomic E-state index is 0.264. The predicted octanol–water partition coefficient (Wildman–Crippen LogP) is 3.63. The molecule has 0 rings (SSSR count). The fraction of sp³-hybridized carbons (Fsp3) is 0.571. The molecule has 0 saturated heterocycles. The molecular weight excluding hydrogens is 232 g/mol. The average molecular weight is 256 g/mol. The van der Waals surface area contributed by atoms with Crippen LogP contribution in [0.25, 0.3) is 0 Å². The largest absolute Gasteiger partial charge is 0.478 e. The van der Waals surface area contributed by atoms with E-state index in [2.05, 4.69) is 20.1 Å². The van der Waals surface area contributed by atoms with Crippen LogP contribution >= 0.6 is 0 Å². The molecule has 0 aliphatic carbocycles. The molecule has 0 radical (unpaired) electrons. The number of hydrogen-bond donors (Lipinski definition) is 2. The van der Waals surface area contributed by atoms with Crippen LogP contribution in [0.3, 0.4) is 0 Å². The number of carboxylic acid groups (broad SMARTS) is 2. The number of carbonyl (C=O) groups is 2. The van der Waals surface area contributed by atoms with Crippen molar-refractivity contribution in [2.24, 2.45) is 0 Å². The van der Waals surface area contributed by atoms with E-state index in [0.717, 1.165) is 12.8 Å². The first-order chi connectivity index (χ1) is 8.36. The smallest absolute Gasteiger partial charge is 0.330 e. The molecule has 18 heavy (non-hydrogen) atoms. The maximum Gasteiger partial charge on any atom is 0.330 e. The van der Waals surface area contributed by atoms with E-state index in [1.54, 1.807) is 6.92 Å². The van der Waals surface area contributed by atoms with Gasteiger partial charge >= 0.3 is 11.9 Å². The molecule has 0 atom stereocenters. The zero-order valence-corrected chi connectivity index (χ0v) is 11.4. The van der Waals surface area contributed by atoms with Gasteiger partial charge in [-0.1, -0.05) is 46.3 Å². The summed E-state index contributed by atoms with van der Waals surface area (Å²) in [5.74, 6) is -1.76. The molecule has 0 unspecified atom stereocenters. The number of aliphatic carboxylic acids is 2. The van der Waals surface area contributed by atoms with Gasteiger partial charge in [-0.25, -0.2) is 9.59 Å². The summed E-state index contributed by atoms with van der Waals surface area (Å²) >= 11 is 0. The summed E-state index contributed by atoms with van der Waals surface area (Å²) < 4.78 is 0. The highest BCUT2D eigenvalue weighted by molar-refractivity contribution is 5.85. The highest BCUT2D eigenvalue weighted by Gasteiger charge is 2.01. The minimum Gasteiger partial charge on any atom is -0.478 e. The second-order valence-corrected chi connectivity index (χ2v) is 3.98. The molecule has 0 aromatic carbocycles. The van der Waals surface area contributed by atoms with E-state index in [1.165, 1.54) is 12.8 Å². The highest BCUT2D eigenvalue weighted by atomic mass is 16.4. The second kappa shape index (κ2) is 11.9. The topological polar surface area (TPSA) is 74.6 Å². The molecule has 0 amide bonds. The van der Waals surface area contributed by atoms with E-state index in [0.29, 0.717) is 18.4 Å². The third kappa shape index (κ3) is 12.5. The Labute approximate surface area is 109 Å². The molecule has 0 heterocycles. The number of hydrogen-bond acceptors (Lipinski definition) is 2. The zero-order chi connectivity index (χ0) is 14.6. The summed E-state index contributed by atoms with van der Waals surface area (Å²) in [4.78, 5) is 20.1. The molecule has 104 valence electrons. The van der Waals surface area contributed by atoms with Crippen LogP contribution in [0.2, 0.25) is 0 Å². The summed E-state index contributed by atoms with van der Waals surface area (Å²) in [6.07, 6.45) is 5.60. The van der Waals surface area contributed by atoms with Crippen LogP contribution < -0.4 is 0 Å². The summed E-state index contributed by atoms with van der Waals surface area (Å²) in [5, 5.41) is 16.5. The van der Waals surface area contributed by atoms with Crippen LogP contribution in [-0.2, 0) is 9.59 Å². The summed E-state index contributed by atoms with van der Waals surface area (Å²) in [7, 11) is 0. The Bertz CT molecular complexity index is 292. The maximum atomic E-state index is 10.3. The van der Waals surface area contributed by atoms with Gasteiger partial charge in [-0.05, 0) is 19.3 Å². The lowest BCUT2D eigenvalue weighted by Crippen LogP contribution is -1.98. The molecule has 0 aliphatic rings.